The third kappa shape index (κ3) is 2.43. The Morgan fingerprint density at radius 1 is 1.33 bits per heavy atom. The van der Waals surface area contributed by atoms with Crippen molar-refractivity contribution >= 4 is 0 Å². The lowest BCUT2D eigenvalue weighted by molar-refractivity contribution is 0.730. The second-order valence-electron chi connectivity index (χ2n) is 4.93. The maximum atomic E-state index is 5.88. The van der Waals surface area contributed by atoms with Gasteiger partial charge in [0.15, 0.2) is 5.82 Å². The standard InChI is InChI=1S/C14H20N4/c1-9-5-6-16-14(7-9)18-12(4)13(8-10(2)15)11(3)17-18/h5-7,10H,8,15H2,1-4H3. The summed E-state index contributed by atoms with van der Waals surface area (Å²) in [5, 5.41) is 4.57. The van der Waals surface area contributed by atoms with E-state index in [4.69, 9.17) is 5.73 Å². The van der Waals surface area contributed by atoms with Crippen LogP contribution in [-0.2, 0) is 6.42 Å². The fourth-order valence-corrected chi connectivity index (χ4v) is 2.15. The number of hydrogen-bond donors (Lipinski definition) is 1. The van der Waals surface area contributed by atoms with Gasteiger partial charge in [0, 0.05) is 17.9 Å². The minimum absolute atomic E-state index is 0.144. The van der Waals surface area contributed by atoms with Crippen LogP contribution in [0.15, 0.2) is 18.3 Å². The zero-order valence-electron chi connectivity index (χ0n) is 11.4. The molecule has 0 spiro atoms. The van der Waals surface area contributed by atoms with Crippen molar-refractivity contribution in [3.63, 3.8) is 0 Å². The summed E-state index contributed by atoms with van der Waals surface area (Å²) in [5.74, 6) is 0.867. The molecule has 2 rings (SSSR count). The molecule has 2 aromatic rings. The molecule has 96 valence electrons. The van der Waals surface area contributed by atoms with Gasteiger partial charge >= 0.3 is 0 Å². The van der Waals surface area contributed by atoms with Crippen molar-refractivity contribution in [1.82, 2.24) is 14.8 Å². The summed E-state index contributed by atoms with van der Waals surface area (Å²) in [6.07, 6.45) is 2.66. The van der Waals surface area contributed by atoms with E-state index < -0.39 is 0 Å². The zero-order chi connectivity index (χ0) is 13.3. The van der Waals surface area contributed by atoms with Gasteiger partial charge in [-0.1, -0.05) is 0 Å². The highest BCUT2D eigenvalue weighted by Crippen LogP contribution is 2.18. The van der Waals surface area contributed by atoms with Gasteiger partial charge < -0.3 is 5.73 Å². The molecule has 0 aliphatic heterocycles. The molecular weight excluding hydrogens is 224 g/mol. The highest BCUT2D eigenvalue weighted by atomic mass is 15.3. The smallest absolute Gasteiger partial charge is 0.153 e. The maximum Gasteiger partial charge on any atom is 0.153 e. The number of nitrogens with zero attached hydrogens (tertiary/aromatic N) is 3. The molecule has 0 aromatic carbocycles. The number of nitrogens with two attached hydrogens (primary N) is 1. The number of aryl methyl sites for hydroxylation is 2. The van der Waals surface area contributed by atoms with Crippen molar-refractivity contribution in [2.24, 2.45) is 5.73 Å². The highest BCUT2D eigenvalue weighted by molar-refractivity contribution is 5.34. The summed E-state index contributed by atoms with van der Waals surface area (Å²) in [4.78, 5) is 4.37. The molecule has 4 nitrogen and oxygen atoms in total. The summed E-state index contributed by atoms with van der Waals surface area (Å²) in [7, 11) is 0. The number of aromatic nitrogens is 3. The van der Waals surface area contributed by atoms with Crippen molar-refractivity contribution in [2.75, 3.05) is 0 Å². The number of rotatable bonds is 3. The van der Waals surface area contributed by atoms with E-state index in [1.165, 1.54) is 11.1 Å². The Kier molecular flexibility index (Phi) is 3.48. The predicted octanol–water partition coefficient (Wildman–Crippen LogP) is 2.08. The van der Waals surface area contributed by atoms with Crippen LogP contribution in [0.25, 0.3) is 5.82 Å². The molecule has 0 saturated carbocycles. The van der Waals surface area contributed by atoms with Gasteiger partial charge in [0.1, 0.15) is 0 Å². The summed E-state index contributed by atoms with van der Waals surface area (Å²) < 4.78 is 1.90. The topological polar surface area (TPSA) is 56.7 Å². The highest BCUT2D eigenvalue weighted by Gasteiger charge is 2.14. The van der Waals surface area contributed by atoms with E-state index in [-0.39, 0.29) is 6.04 Å². The molecule has 18 heavy (non-hydrogen) atoms. The minimum atomic E-state index is 0.144. The van der Waals surface area contributed by atoms with Crippen LogP contribution in [0.5, 0.6) is 0 Å². The molecule has 0 saturated heterocycles. The second-order valence-corrected chi connectivity index (χ2v) is 4.93. The van der Waals surface area contributed by atoms with Gasteiger partial charge in [-0.15, -0.1) is 0 Å². The zero-order valence-corrected chi connectivity index (χ0v) is 11.4. The van der Waals surface area contributed by atoms with Crippen LogP contribution in [0.3, 0.4) is 0 Å². The first-order chi connectivity index (χ1) is 8.49. The van der Waals surface area contributed by atoms with Crippen LogP contribution in [0.4, 0.5) is 0 Å². The molecule has 0 bridgehead atoms. The van der Waals surface area contributed by atoms with E-state index in [9.17, 15) is 0 Å². The lowest BCUT2D eigenvalue weighted by Gasteiger charge is -2.07. The van der Waals surface area contributed by atoms with Crippen LogP contribution in [0.2, 0.25) is 0 Å². The normalized spacial score (nSPS) is 12.7. The summed E-state index contributed by atoms with van der Waals surface area (Å²) >= 11 is 0. The monoisotopic (exact) mass is 244 g/mol. The average Bonchev–Trinajstić information content (AvgIpc) is 2.56. The van der Waals surface area contributed by atoms with E-state index in [1.807, 2.05) is 36.9 Å². The van der Waals surface area contributed by atoms with Crippen molar-refractivity contribution in [3.8, 4) is 5.82 Å². The first-order valence-electron chi connectivity index (χ1n) is 6.22. The van der Waals surface area contributed by atoms with Crippen molar-refractivity contribution in [2.45, 2.75) is 40.2 Å². The second kappa shape index (κ2) is 4.90. The SMILES string of the molecule is Cc1ccnc(-n2nc(C)c(CC(C)N)c2C)c1. The van der Waals surface area contributed by atoms with Gasteiger partial charge in [0.2, 0.25) is 0 Å². The van der Waals surface area contributed by atoms with Gasteiger partial charge in [-0.3, -0.25) is 0 Å². The molecular formula is C14H20N4. The minimum Gasteiger partial charge on any atom is -0.328 e. The summed E-state index contributed by atoms with van der Waals surface area (Å²) in [6.45, 7) is 8.17. The van der Waals surface area contributed by atoms with Crippen LogP contribution in [0, 0.1) is 20.8 Å². The largest absolute Gasteiger partial charge is 0.328 e. The van der Waals surface area contributed by atoms with Gasteiger partial charge in [-0.25, -0.2) is 9.67 Å². The summed E-state index contributed by atoms with van der Waals surface area (Å²) in [6, 6.07) is 4.16. The Labute approximate surface area is 108 Å². The van der Waals surface area contributed by atoms with Gasteiger partial charge in [0.25, 0.3) is 0 Å². The van der Waals surface area contributed by atoms with Crippen LogP contribution < -0.4 is 5.73 Å². The molecule has 0 amide bonds. The third-order valence-electron chi connectivity index (χ3n) is 3.09. The molecule has 1 atom stereocenters. The quantitative estimate of drug-likeness (QED) is 0.899. The van der Waals surface area contributed by atoms with E-state index in [0.717, 1.165) is 23.6 Å². The van der Waals surface area contributed by atoms with E-state index in [0.29, 0.717) is 0 Å². The van der Waals surface area contributed by atoms with Crippen molar-refractivity contribution in [3.05, 3.63) is 40.8 Å². The summed E-state index contributed by atoms with van der Waals surface area (Å²) in [5.41, 5.74) is 10.5. The average molecular weight is 244 g/mol. The molecule has 0 radical (unpaired) electrons. The molecule has 2 N–H and O–H groups in total. The first kappa shape index (κ1) is 12.8. The lowest BCUT2D eigenvalue weighted by Crippen LogP contribution is -2.18. The molecule has 1 unspecified atom stereocenters. The van der Waals surface area contributed by atoms with Gasteiger partial charge in [-0.05, 0) is 57.4 Å². The van der Waals surface area contributed by atoms with Crippen molar-refractivity contribution < 1.29 is 0 Å². The molecule has 2 heterocycles. The molecule has 4 heteroatoms. The Bertz CT molecular complexity index is 555. The van der Waals surface area contributed by atoms with E-state index in [2.05, 4.69) is 23.9 Å². The molecule has 2 aromatic heterocycles. The number of hydrogen-bond acceptors (Lipinski definition) is 3. The Hall–Kier alpha value is -1.68. The lowest BCUT2D eigenvalue weighted by atomic mass is 10.1. The van der Waals surface area contributed by atoms with Crippen LogP contribution in [0.1, 0.15) is 29.4 Å². The van der Waals surface area contributed by atoms with Gasteiger partial charge in [0.05, 0.1) is 5.69 Å². The first-order valence-corrected chi connectivity index (χ1v) is 6.22. The number of pyridine rings is 1. The Morgan fingerprint density at radius 3 is 2.67 bits per heavy atom. The fourth-order valence-electron chi connectivity index (χ4n) is 2.15. The van der Waals surface area contributed by atoms with E-state index >= 15 is 0 Å². The molecule has 0 aliphatic carbocycles. The van der Waals surface area contributed by atoms with Crippen molar-refractivity contribution in [1.29, 1.82) is 0 Å². The van der Waals surface area contributed by atoms with Gasteiger partial charge in [-0.2, -0.15) is 5.10 Å². The van der Waals surface area contributed by atoms with E-state index in [1.54, 1.807) is 0 Å². The molecule has 0 aliphatic rings. The fraction of sp³-hybridized carbons (Fsp3) is 0.429. The Morgan fingerprint density at radius 2 is 2.06 bits per heavy atom. The predicted molar refractivity (Wildman–Crippen MR) is 72.9 cm³/mol. The Balaban J connectivity index is 2.47. The van der Waals surface area contributed by atoms with Crippen LogP contribution in [-0.4, -0.2) is 20.8 Å². The third-order valence-corrected chi connectivity index (χ3v) is 3.09. The van der Waals surface area contributed by atoms with Crippen LogP contribution >= 0.6 is 0 Å². The maximum absolute atomic E-state index is 5.88. The molecule has 0 fully saturated rings.